The van der Waals surface area contributed by atoms with Gasteiger partial charge in [0.2, 0.25) is 0 Å². The number of sulfonamides is 1. The highest BCUT2D eigenvalue weighted by Crippen LogP contribution is 2.35. The number of rotatable bonds is 2. The molecule has 110 valence electrons. The third-order valence-corrected chi connectivity index (χ3v) is 5.80. The molecular formula is C16H18N2O2S. The average Bonchev–Trinajstić information content (AvgIpc) is 2.46. The van der Waals surface area contributed by atoms with Crippen molar-refractivity contribution in [2.45, 2.75) is 30.7 Å². The second-order valence-corrected chi connectivity index (χ2v) is 7.20. The van der Waals surface area contributed by atoms with Crippen molar-refractivity contribution < 1.29 is 8.42 Å². The van der Waals surface area contributed by atoms with Crippen LogP contribution in [0.15, 0.2) is 53.4 Å². The summed E-state index contributed by atoms with van der Waals surface area (Å²) in [5.41, 5.74) is 8.03. The molecule has 0 saturated heterocycles. The molecule has 0 aliphatic carbocycles. The van der Waals surface area contributed by atoms with Gasteiger partial charge in [-0.1, -0.05) is 24.3 Å². The van der Waals surface area contributed by atoms with E-state index in [1.54, 1.807) is 18.2 Å². The first-order valence-electron chi connectivity index (χ1n) is 6.98. The van der Waals surface area contributed by atoms with Gasteiger partial charge in [-0.2, -0.15) is 0 Å². The number of nitrogens with zero attached hydrogens (tertiary/aromatic N) is 1. The Labute approximate surface area is 125 Å². The van der Waals surface area contributed by atoms with Crippen molar-refractivity contribution in [2.24, 2.45) is 0 Å². The number of nitrogen functional groups attached to an aromatic ring is 1. The monoisotopic (exact) mass is 302 g/mol. The molecule has 5 heteroatoms. The summed E-state index contributed by atoms with van der Waals surface area (Å²) in [4.78, 5) is 0.242. The largest absolute Gasteiger partial charge is 0.399 e. The molecule has 1 aliphatic heterocycles. The quantitative estimate of drug-likeness (QED) is 0.868. The van der Waals surface area contributed by atoms with Crippen LogP contribution in [-0.4, -0.2) is 14.5 Å². The summed E-state index contributed by atoms with van der Waals surface area (Å²) in [6.45, 7) is 1.94. The number of benzene rings is 2. The van der Waals surface area contributed by atoms with Crippen LogP contribution >= 0.6 is 0 Å². The van der Waals surface area contributed by atoms with Crippen LogP contribution in [0.5, 0.6) is 0 Å². The van der Waals surface area contributed by atoms with Crippen LogP contribution in [0.2, 0.25) is 0 Å². The first-order valence-corrected chi connectivity index (χ1v) is 8.42. The van der Waals surface area contributed by atoms with Crippen molar-refractivity contribution in [1.29, 1.82) is 0 Å². The van der Waals surface area contributed by atoms with Gasteiger partial charge in [0.15, 0.2) is 0 Å². The molecule has 0 fully saturated rings. The Hall–Kier alpha value is -2.01. The third kappa shape index (κ3) is 2.38. The molecule has 2 N–H and O–H groups in total. The number of fused-ring (bicyclic) bond motifs is 1. The lowest BCUT2D eigenvalue weighted by atomic mass is 9.99. The van der Waals surface area contributed by atoms with Gasteiger partial charge in [-0.3, -0.25) is 4.31 Å². The van der Waals surface area contributed by atoms with Gasteiger partial charge in [-0.05, 0) is 49.6 Å². The standard InChI is InChI=1S/C16H18N2O2S/c1-12-9-10-13-5-2-3-8-16(13)18(12)21(19,20)15-7-4-6-14(17)11-15/h2-8,11-12H,9-10,17H2,1H3. The zero-order valence-corrected chi connectivity index (χ0v) is 12.7. The van der Waals surface area contributed by atoms with Gasteiger partial charge in [-0.25, -0.2) is 8.42 Å². The lowest BCUT2D eigenvalue weighted by molar-refractivity contribution is 0.563. The van der Waals surface area contributed by atoms with Crippen LogP contribution in [0.25, 0.3) is 0 Å². The maximum absolute atomic E-state index is 13.0. The molecule has 0 amide bonds. The maximum Gasteiger partial charge on any atom is 0.264 e. The highest BCUT2D eigenvalue weighted by molar-refractivity contribution is 7.92. The Morgan fingerprint density at radius 2 is 1.90 bits per heavy atom. The maximum atomic E-state index is 13.0. The van der Waals surface area contributed by atoms with E-state index < -0.39 is 10.0 Å². The molecule has 1 heterocycles. The number of hydrogen-bond donors (Lipinski definition) is 1. The van der Waals surface area contributed by atoms with Gasteiger partial charge in [-0.15, -0.1) is 0 Å². The van der Waals surface area contributed by atoms with E-state index in [2.05, 4.69) is 0 Å². The molecule has 4 nitrogen and oxygen atoms in total. The predicted octanol–water partition coefficient (Wildman–Crippen LogP) is 2.80. The zero-order valence-electron chi connectivity index (χ0n) is 11.9. The van der Waals surface area contributed by atoms with Gasteiger partial charge >= 0.3 is 0 Å². The molecule has 0 spiro atoms. The molecule has 21 heavy (non-hydrogen) atoms. The van der Waals surface area contributed by atoms with Crippen molar-refractivity contribution in [3.8, 4) is 0 Å². The van der Waals surface area contributed by atoms with Crippen molar-refractivity contribution in [2.75, 3.05) is 10.0 Å². The number of anilines is 2. The molecule has 2 aromatic carbocycles. The summed E-state index contributed by atoms with van der Waals surface area (Å²) in [5.74, 6) is 0. The first kappa shape index (κ1) is 13.9. The Balaban J connectivity index is 2.15. The Morgan fingerprint density at radius 1 is 1.14 bits per heavy atom. The molecule has 0 radical (unpaired) electrons. The van der Waals surface area contributed by atoms with E-state index >= 15 is 0 Å². The Bertz CT molecular complexity index is 771. The first-order chi connectivity index (χ1) is 10.00. The molecule has 0 aromatic heterocycles. The fourth-order valence-electron chi connectivity index (χ4n) is 2.81. The minimum atomic E-state index is -3.59. The van der Waals surface area contributed by atoms with Crippen LogP contribution in [0, 0.1) is 0 Å². The summed E-state index contributed by atoms with van der Waals surface area (Å²) in [6, 6.07) is 14.1. The summed E-state index contributed by atoms with van der Waals surface area (Å²) in [6.07, 6.45) is 1.72. The highest BCUT2D eigenvalue weighted by atomic mass is 32.2. The lowest BCUT2D eigenvalue weighted by Crippen LogP contribution is -2.42. The van der Waals surface area contributed by atoms with Crippen molar-refractivity contribution in [3.05, 3.63) is 54.1 Å². The fourth-order valence-corrected chi connectivity index (χ4v) is 4.59. The second-order valence-electron chi connectivity index (χ2n) is 5.39. The van der Waals surface area contributed by atoms with Crippen LogP contribution in [0.3, 0.4) is 0 Å². The van der Waals surface area contributed by atoms with E-state index in [4.69, 9.17) is 5.73 Å². The normalized spacial score (nSPS) is 18.3. The van der Waals surface area contributed by atoms with E-state index in [9.17, 15) is 8.42 Å². The number of nitrogens with two attached hydrogens (primary N) is 1. The second kappa shape index (κ2) is 5.07. The van der Waals surface area contributed by atoms with Gasteiger partial charge in [0.25, 0.3) is 10.0 Å². The molecule has 0 saturated carbocycles. The van der Waals surface area contributed by atoms with E-state index in [0.717, 1.165) is 24.1 Å². The molecule has 3 rings (SSSR count). The molecule has 0 bridgehead atoms. The number of hydrogen-bond acceptors (Lipinski definition) is 3. The SMILES string of the molecule is CC1CCc2ccccc2N1S(=O)(=O)c1cccc(N)c1. The van der Waals surface area contributed by atoms with E-state index in [0.29, 0.717) is 5.69 Å². The summed E-state index contributed by atoms with van der Waals surface area (Å²) >= 11 is 0. The molecular weight excluding hydrogens is 284 g/mol. The van der Waals surface area contributed by atoms with Gasteiger partial charge < -0.3 is 5.73 Å². The lowest BCUT2D eigenvalue weighted by Gasteiger charge is -2.36. The van der Waals surface area contributed by atoms with Crippen molar-refractivity contribution in [1.82, 2.24) is 0 Å². The van der Waals surface area contributed by atoms with Crippen LogP contribution < -0.4 is 10.0 Å². The number of para-hydroxylation sites is 1. The van der Waals surface area contributed by atoms with Crippen LogP contribution in [0.4, 0.5) is 11.4 Å². The summed E-state index contributed by atoms with van der Waals surface area (Å²) in [7, 11) is -3.59. The minimum Gasteiger partial charge on any atom is -0.399 e. The third-order valence-electron chi connectivity index (χ3n) is 3.88. The predicted molar refractivity (Wildman–Crippen MR) is 84.7 cm³/mol. The van der Waals surface area contributed by atoms with Gasteiger partial charge in [0, 0.05) is 11.7 Å². The topological polar surface area (TPSA) is 63.4 Å². The summed E-state index contributed by atoms with van der Waals surface area (Å²) in [5, 5.41) is 0. The number of aryl methyl sites for hydroxylation is 1. The summed E-state index contributed by atoms with van der Waals surface area (Å²) < 4.78 is 27.5. The van der Waals surface area contributed by atoms with Crippen LogP contribution in [-0.2, 0) is 16.4 Å². The van der Waals surface area contributed by atoms with E-state index in [1.165, 1.54) is 10.4 Å². The smallest absolute Gasteiger partial charge is 0.264 e. The van der Waals surface area contributed by atoms with Crippen molar-refractivity contribution in [3.63, 3.8) is 0 Å². The van der Waals surface area contributed by atoms with E-state index in [-0.39, 0.29) is 10.9 Å². The molecule has 1 atom stereocenters. The Morgan fingerprint density at radius 3 is 2.67 bits per heavy atom. The van der Waals surface area contributed by atoms with Crippen LogP contribution in [0.1, 0.15) is 18.9 Å². The average molecular weight is 302 g/mol. The molecule has 1 aliphatic rings. The van der Waals surface area contributed by atoms with E-state index in [1.807, 2.05) is 31.2 Å². The fraction of sp³-hybridized carbons (Fsp3) is 0.250. The minimum absolute atomic E-state index is 0.0636. The Kier molecular flexibility index (Phi) is 3.37. The zero-order chi connectivity index (χ0) is 15.0. The van der Waals surface area contributed by atoms with Crippen molar-refractivity contribution >= 4 is 21.4 Å². The van der Waals surface area contributed by atoms with Gasteiger partial charge in [0.05, 0.1) is 10.6 Å². The highest BCUT2D eigenvalue weighted by Gasteiger charge is 2.33. The molecule has 2 aromatic rings. The van der Waals surface area contributed by atoms with Gasteiger partial charge in [0.1, 0.15) is 0 Å². The molecule has 1 unspecified atom stereocenters.